The van der Waals surface area contributed by atoms with Crippen molar-refractivity contribution < 1.29 is 0 Å². The van der Waals surface area contributed by atoms with E-state index < -0.39 is 0 Å². The van der Waals surface area contributed by atoms with Crippen LogP contribution >= 0.6 is 0 Å². The van der Waals surface area contributed by atoms with Gasteiger partial charge in [-0.05, 0) is 0 Å². The minimum absolute atomic E-state index is 1.00. The van der Waals surface area contributed by atoms with Gasteiger partial charge < -0.3 is 0 Å². The zero-order chi connectivity index (χ0) is 8.85. The molecule has 0 spiro atoms. The third kappa shape index (κ3) is 3.97. The van der Waals surface area contributed by atoms with E-state index >= 15 is 0 Å². The summed E-state index contributed by atoms with van der Waals surface area (Å²) in [5.41, 5.74) is 2.35. The summed E-state index contributed by atoms with van der Waals surface area (Å²) in [7, 11) is 7.61. The second kappa shape index (κ2) is 5.11. The molecule has 0 aromatic rings. The summed E-state index contributed by atoms with van der Waals surface area (Å²) >= 11 is 0. The van der Waals surface area contributed by atoms with E-state index in [-0.39, 0.29) is 0 Å². The molecule has 0 fully saturated rings. The van der Waals surface area contributed by atoms with Crippen LogP contribution in [-0.2, 0) is 0 Å². The van der Waals surface area contributed by atoms with Crippen LogP contribution in [0.4, 0.5) is 0 Å². The SMILES string of the molecule is B=C(B)C(/C=C(\C)CC)=N/C. The van der Waals surface area contributed by atoms with Crippen LogP contribution in [0.15, 0.2) is 16.6 Å². The van der Waals surface area contributed by atoms with E-state index in [1.807, 2.05) is 7.85 Å². The fraction of sp³-hybridized carbons (Fsp3) is 0.500. The number of hydrogen-bond acceptors (Lipinski definition) is 1. The van der Waals surface area contributed by atoms with Gasteiger partial charge in [0.2, 0.25) is 0 Å². The fourth-order valence-electron chi connectivity index (χ4n) is 0.714. The Morgan fingerprint density at radius 3 is 2.45 bits per heavy atom. The molecule has 0 atom stereocenters. The molecule has 58 valence electrons. The van der Waals surface area contributed by atoms with E-state index in [1.165, 1.54) is 5.57 Å². The van der Waals surface area contributed by atoms with Crippen molar-refractivity contribution in [2.45, 2.75) is 20.3 Å². The Balaban J connectivity index is 4.45. The van der Waals surface area contributed by atoms with Gasteiger partial charge in [-0.3, -0.25) is 0 Å². The predicted molar refractivity (Wildman–Crippen MR) is 58.1 cm³/mol. The Bertz CT molecular complexity index is 204. The van der Waals surface area contributed by atoms with E-state index in [4.69, 9.17) is 0 Å². The van der Waals surface area contributed by atoms with E-state index in [9.17, 15) is 0 Å². The third-order valence-corrected chi connectivity index (χ3v) is 1.62. The van der Waals surface area contributed by atoms with E-state index in [0.717, 1.165) is 17.5 Å². The fourth-order valence-corrected chi connectivity index (χ4v) is 0.714. The molecule has 0 rings (SSSR count). The Labute approximate surface area is 71.1 Å². The van der Waals surface area contributed by atoms with Crippen LogP contribution in [0.5, 0.6) is 0 Å². The van der Waals surface area contributed by atoms with Gasteiger partial charge in [-0.15, -0.1) is 0 Å². The van der Waals surface area contributed by atoms with Crippen LogP contribution < -0.4 is 0 Å². The Morgan fingerprint density at radius 1 is 1.64 bits per heavy atom. The molecule has 0 amide bonds. The van der Waals surface area contributed by atoms with Gasteiger partial charge in [0.05, 0.1) is 0 Å². The number of allylic oxidation sites excluding steroid dienone is 2. The first kappa shape index (κ1) is 10.4. The van der Waals surface area contributed by atoms with Gasteiger partial charge in [-0.25, -0.2) is 0 Å². The summed E-state index contributed by atoms with van der Waals surface area (Å²) in [6.07, 6.45) is 3.16. The van der Waals surface area contributed by atoms with Crippen LogP contribution in [0.25, 0.3) is 0 Å². The second-order valence-corrected chi connectivity index (χ2v) is 2.73. The zero-order valence-corrected chi connectivity index (χ0v) is 7.94. The Morgan fingerprint density at radius 2 is 2.18 bits per heavy atom. The van der Waals surface area contributed by atoms with Gasteiger partial charge in [0, 0.05) is 0 Å². The first-order valence-corrected chi connectivity index (χ1v) is 3.91. The Kier molecular flexibility index (Phi) is 4.84. The van der Waals surface area contributed by atoms with E-state index in [2.05, 4.69) is 32.4 Å². The van der Waals surface area contributed by atoms with Gasteiger partial charge in [-0.2, -0.15) is 0 Å². The quantitative estimate of drug-likeness (QED) is 0.395. The van der Waals surface area contributed by atoms with Gasteiger partial charge in [0.15, 0.2) is 0 Å². The van der Waals surface area contributed by atoms with Gasteiger partial charge >= 0.3 is 70.4 Å². The normalized spacial score (nSPS) is 13.3. The summed E-state index contributed by atoms with van der Waals surface area (Å²) in [5, 5.41) is 1.03. The average Bonchev–Trinajstić information content (AvgIpc) is 1.99. The van der Waals surface area contributed by atoms with Crippen LogP contribution in [0.2, 0.25) is 0 Å². The third-order valence-electron chi connectivity index (χ3n) is 1.62. The van der Waals surface area contributed by atoms with Crippen molar-refractivity contribution in [1.29, 1.82) is 0 Å². The molecule has 0 unspecified atom stereocenters. The van der Waals surface area contributed by atoms with Crippen molar-refractivity contribution in [3.05, 3.63) is 11.6 Å². The first-order chi connectivity index (χ1) is 5.11. The van der Waals surface area contributed by atoms with Crippen molar-refractivity contribution in [1.82, 2.24) is 0 Å². The maximum atomic E-state index is 4.12. The molecule has 0 aliphatic rings. The number of nitrogens with zero attached hydrogens (tertiary/aromatic N) is 1. The van der Waals surface area contributed by atoms with Crippen LogP contribution in [0.3, 0.4) is 0 Å². The number of rotatable bonds is 3. The van der Waals surface area contributed by atoms with Crippen LogP contribution in [0, 0.1) is 0 Å². The molecule has 1 nitrogen and oxygen atoms in total. The summed E-state index contributed by atoms with van der Waals surface area (Å²) < 4.78 is 0. The molecule has 0 aromatic heterocycles. The van der Waals surface area contributed by atoms with Crippen LogP contribution in [-0.4, -0.2) is 33.5 Å². The predicted octanol–water partition coefficient (Wildman–Crippen LogP) is 0.0773. The van der Waals surface area contributed by atoms with Crippen molar-refractivity contribution in [2.75, 3.05) is 7.05 Å². The van der Waals surface area contributed by atoms with E-state index in [1.54, 1.807) is 7.05 Å². The summed E-state index contributed by atoms with van der Waals surface area (Å²) in [6, 6.07) is 0. The van der Waals surface area contributed by atoms with Gasteiger partial charge in [0.25, 0.3) is 0 Å². The van der Waals surface area contributed by atoms with Crippen molar-refractivity contribution >= 4 is 26.4 Å². The standard InChI is InChI=1S/C8H15B2N/c1-4-6(2)5-7(11-3)8(9)10/h5,9H,4,10H2,1-3H3/b6-5+,11-7+. The molecule has 0 bridgehead atoms. The summed E-state index contributed by atoms with van der Waals surface area (Å²) in [4.78, 5) is 4.12. The Hall–Kier alpha value is -0.590. The molecule has 0 saturated carbocycles. The molecule has 0 aliphatic heterocycles. The minimum atomic E-state index is 1.00. The second-order valence-electron chi connectivity index (χ2n) is 2.73. The zero-order valence-electron chi connectivity index (χ0n) is 7.94. The molecule has 3 heteroatoms. The van der Waals surface area contributed by atoms with Gasteiger partial charge in [0.1, 0.15) is 0 Å². The van der Waals surface area contributed by atoms with Crippen molar-refractivity contribution in [2.24, 2.45) is 4.99 Å². The van der Waals surface area contributed by atoms with Crippen molar-refractivity contribution in [3.8, 4) is 0 Å². The van der Waals surface area contributed by atoms with E-state index in [0.29, 0.717) is 0 Å². The first-order valence-electron chi connectivity index (χ1n) is 3.91. The molecule has 0 aromatic carbocycles. The molecule has 0 saturated heterocycles. The molecule has 0 aliphatic carbocycles. The molecule has 0 N–H and O–H groups in total. The maximum absolute atomic E-state index is 4.12. The summed E-state index contributed by atoms with van der Waals surface area (Å²) in [6.45, 7) is 4.24. The number of aliphatic imine (C=N–C) groups is 1. The molecular weight excluding hydrogens is 132 g/mol. The van der Waals surface area contributed by atoms with Gasteiger partial charge in [-0.1, -0.05) is 0 Å². The molecule has 11 heavy (non-hydrogen) atoms. The topological polar surface area (TPSA) is 12.4 Å². The monoisotopic (exact) mass is 147 g/mol. The van der Waals surface area contributed by atoms with Crippen LogP contribution in [0.1, 0.15) is 20.3 Å². The van der Waals surface area contributed by atoms with Crippen molar-refractivity contribution in [3.63, 3.8) is 0 Å². The molecule has 0 radical (unpaired) electrons. The summed E-state index contributed by atoms with van der Waals surface area (Å²) in [5.74, 6) is 0. The molecular formula is C8H15B2N. The molecule has 0 heterocycles. The average molecular weight is 147 g/mol. The number of hydrogen-bond donors (Lipinski definition) is 0.